The molecule has 2 fully saturated rings. The fourth-order valence-electron chi connectivity index (χ4n) is 3.04. The number of hydrogen-bond acceptors (Lipinski definition) is 4. The molecule has 2 heterocycles. The molecule has 0 aromatic carbocycles. The number of aromatic nitrogens is 1. The van der Waals surface area contributed by atoms with Crippen LogP contribution >= 0.6 is 27.3 Å². The van der Waals surface area contributed by atoms with Crippen molar-refractivity contribution in [3.63, 3.8) is 0 Å². The zero-order valence-corrected chi connectivity index (χ0v) is 12.2. The van der Waals surface area contributed by atoms with E-state index in [1.165, 1.54) is 16.2 Å². The molecule has 1 aliphatic carbocycles. The molecule has 1 aromatic heterocycles. The lowest BCUT2D eigenvalue weighted by Crippen LogP contribution is -2.47. The van der Waals surface area contributed by atoms with E-state index in [0.29, 0.717) is 18.0 Å². The number of rotatable bonds is 1. The summed E-state index contributed by atoms with van der Waals surface area (Å²) < 4.78 is 0.833. The van der Waals surface area contributed by atoms with Crippen LogP contribution < -0.4 is 4.90 Å². The predicted molar refractivity (Wildman–Crippen MR) is 72.4 cm³/mol. The number of nitrogens with zero attached hydrogens (tertiary/aromatic N) is 2. The average molecular weight is 329 g/mol. The van der Waals surface area contributed by atoms with Gasteiger partial charge in [0.15, 0.2) is 5.13 Å². The minimum atomic E-state index is -0.0880. The average Bonchev–Trinajstić information content (AvgIpc) is 2.88. The van der Waals surface area contributed by atoms with E-state index in [1.54, 1.807) is 6.20 Å². The highest BCUT2D eigenvalue weighted by Crippen LogP contribution is 2.47. The van der Waals surface area contributed by atoms with Crippen molar-refractivity contribution in [2.75, 3.05) is 4.90 Å². The summed E-state index contributed by atoms with van der Waals surface area (Å²) in [7, 11) is 0. The molecule has 2 aliphatic rings. The summed E-state index contributed by atoms with van der Waals surface area (Å²) >= 11 is 4.63. The van der Waals surface area contributed by atoms with Crippen molar-refractivity contribution in [2.24, 2.45) is 5.41 Å². The zero-order chi connectivity index (χ0) is 12.8. The Morgan fingerprint density at radius 1 is 1.22 bits per heavy atom. The van der Waals surface area contributed by atoms with E-state index in [-0.39, 0.29) is 17.2 Å². The van der Waals surface area contributed by atoms with Crippen molar-refractivity contribution in [3.05, 3.63) is 9.98 Å². The SMILES string of the molecule is O=C1CC2(CCCC2)CC(=O)N1c1ncc(Br)s1. The highest BCUT2D eigenvalue weighted by Gasteiger charge is 2.46. The van der Waals surface area contributed by atoms with Gasteiger partial charge in [-0.1, -0.05) is 24.2 Å². The van der Waals surface area contributed by atoms with Crippen LogP contribution in [0.4, 0.5) is 5.13 Å². The summed E-state index contributed by atoms with van der Waals surface area (Å²) in [5.41, 5.74) is -0.0425. The van der Waals surface area contributed by atoms with E-state index in [2.05, 4.69) is 20.9 Å². The zero-order valence-electron chi connectivity index (χ0n) is 9.82. The Morgan fingerprint density at radius 2 is 1.83 bits per heavy atom. The molecule has 1 aromatic rings. The van der Waals surface area contributed by atoms with Gasteiger partial charge in [0.1, 0.15) is 0 Å². The summed E-state index contributed by atoms with van der Waals surface area (Å²) in [6.07, 6.45) is 6.93. The van der Waals surface area contributed by atoms with Crippen LogP contribution in [0.2, 0.25) is 0 Å². The molecule has 0 atom stereocenters. The van der Waals surface area contributed by atoms with Crippen LogP contribution in [0, 0.1) is 5.41 Å². The normalized spacial score (nSPS) is 23.1. The Hall–Kier alpha value is -0.750. The minimum Gasteiger partial charge on any atom is -0.274 e. The second kappa shape index (κ2) is 4.42. The molecule has 4 nitrogen and oxygen atoms in total. The van der Waals surface area contributed by atoms with Gasteiger partial charge in [-0.2, -0.15) is 0 Å². The van der Waals surface area contributed by atoms with Gasteiger partial charge >= 0.3 is 0 Å². The lowest BCUT2D eigenvalue weighted by atomic mass is 9.76. The Balaban J connectivity index is 1.86. The maximum Gasteiger partial charge on any atom is 0.236 e. The van der Waals surface area contributed by atoms with E-state index in [9.17, 15) is 9.59 Å². The molecule has 6 heteroatoms. The number of carbonyl (C=O) groups excluding carboxylic acids is 2. The Morgan fingerprint density at radius 3 is 2.33 bits per heavy atom. The fourth-order valence-corrected chi connectivity index (χ4v) is 4.26. The number of imide groups is 1. The van der Waals surface area contributed by atoms with Crippen LogP contribution in [0.5, 0.6) is 0 Å². The molecule has 0 radical (unpaired) electrons. The van der Waals surface area contributed by atoms with Gasteiger partial charge in [0.25, 0.3) is 0 Å². The van der Waals surface area contributed by atoms with Crippen molar-refractivity contribution in [1.29, 1.82) is 0 Å². The monoisotopic (exact) mass is 328 g/mol. The number of carbonyl (C=O) groups is 2. The molecular formula is C12H13BrN2O2S. The molecule has 0 bridgehead atoms. The van der Waals surface area contributed by atoms with E-state index >= 15 is 0 Å². The first kappa shape index (κ1) is 12.3. The fraction of sp³-hybridized carbons (Fsp3) is 0.583. The van der Waals surface area contributed by atoms with Crippen LogP contribution in [-0.2, 0) is 9.59 Å². The Labute approximate surface area is 118 Å². The molecule has 1 saturated heterocycles. The summed E-state index contributed by atoms with van der Waals surface area (Å²) in [6, 6.07) is 0. The van der Waals surface area contributed by atoms with Gasteiger partial charge in [-0.3, -0.25) is 9.59 Å². The third-order valence-electron chi connectivity index (χ3n) is 3.87. The van der Waals surface area contributed by atoms with Crippen molar-refractivity contribution in [3.8, 4) is 0 Å². The largest absolute Gasteiger partial charge is 0.274 e. The van der Waals surface area contributed by atoms with Gasteiger partial charge in [-0.25, -0.2) is 9.88 Å². The van der Waals surface area contributed by atoms with Crippen molar-refractivity contribution >= 4 is 44.2 Å². The van der Waals surface area contributed by atoms with E-state index in [4.69, 9.17) is 0 Å². The first-order valence-electron chi connectivity index (χ1n) is 6.07. The smallest absolute Gasteiger partial charge is 0.236 e. The van der Waals surface area contributed by atoms with Crippen LogP contribution in [-0.4, -0.2) is 16.8 Å². The van der Waals surface area contributed by atoms with Crippen LogP contribution in [0.3, 0.4) is 0 Å². The number of hydrogen-bond donors (Lipinski definition) is 0. The minimum absolute atomic E-state index is 0.0425. The summed E-state index contributed by atoms with van der Waals surface area (Å²) in [5.74, 6) is -0.176. The maximum atomic E-state index is 12.2. The maximum absolute atomic E-state index is 12.2. The number of amides is 2. The molecule has 96 valence electrons. The van der Waals surface area contributed by atoms with Crippen LogP contribution in [0.15, 0.2) is 9.98 Å². The molecule has 1 saturated carbocycles. The molecule has 0 unspecified atom stereocenters. The highest BCUT2D eigenvalue weighted by molar-refractivity contribution is 9.11. The predicted octanol–water partition coefficient (Wildman–Crippen LogP) is 3.12. The third-order valence-corrected chi connectivity index (χ3v) is 5.33. The van der Waals surface area contributed by atoms with Crippen LogP contribution in [0.1, 0.15) is 38.5 Å². The van der Waals surface area contributed by atoms with Crippen LogP contribution in [0.25, 0.3) is 0 Å². The summed E-state index contributed by atoms with van der Waals surface area (Å²) in [4.78, 5) is 29.8. The summed E-state index contributed by atoms with van der Waals surface area (Å²) in [6.45, 7) is 0. The molecule has 1 spiro atoms. The van der Waals surface area contributed by atoms with Gasteiger partial charge in [0.2, 0.25) is 11.8 Å². The Kier molecular flexibility index (Phi) is 3.02. The summed E-state index contributed by atoms with van der Waals surface area (Å²) in [5, 5.41) is 0.490. The van der Waals surface area contributed by atoms with E-state index in [1.807, 2.05) is 0 Å². The van der Waals surface area contributed by atoms with Crippen molar-refractivity contribution < 1.29 is 9.59 Å². The highest BCUT2D eigenvalue weighted by atomic mass is 79.9. The molecule has 0 N–H and O–H groups in total. The number of halogens is 1. The van der Waals surface area contributed by atoms with E-state index < -0.39 is 0 Å². The molecule has 1 aliphatic heterocycles. The lowest BCUT2D eigenvalue weighted by Gasteiger charge is -2.36. The number of piperidine rings is 1. The standard InChI is InChI=1S/C12H13BrN2O2S/c13-8-7-14-11(18-8)15-9(16)5-12(6-10(15)17)3-1-2-4-12/h7H,1-6H2. The van der Waals surface area contributed by atoms with Crippen molar-refractivity contribution in [2.45, 2.75) is 38.5 Å². The van der Waals surface area contributed by atoms with Crippen molar-refractivity contribution in [1.82, 2.24) is 4.98 Å². The molecule has 18 heavy (non-hydrogen) atoms. The molecular weight excluding hydrogens is 316 g/mol. The lowest BCUT2D eigenvalue weighted by molar-refractivity contribution is -0.133. The van der Waals surface area contributed by atoms with Gasteiger partial charge in [-0.15, -0.1) is 0 Å². The molecule has 2 amide bonds. The third kappa shape index (κ3) is 2.01. The second-order valence-corrected chi connectivity index (χ2v) is 7.52. The van der Waals surface area contributed by atoms with Gasteiger partial charge in [0, 0.05) is 12.8 Å². The van der Waals surface area contributed by atoms with E-state index in [0.717, 1.165) is 29.5 Å². The van der Waals surface area contributed by atoms with Gasteiger partial charge < -0.3 is 0 Å². The van der Waals surface area contributed by atoms with Gasteiger partial charge in [-0.05, 0) is 34.2 Å². The quantitative estimate of drug-likeness (QED) is 0.744. The molecule has 3 rings (SSSR count). The number of thiazole rings is 1. The topological polar surface area (TPSA) is 50.3 Å². The van der Waals surface area contributed by atoms with Gasteiger partial charge in [0.05, 0.1) is 9.98 Å². The second-order valence-electron chi connectivity index (χ2n) is 5.13. The first-order chi connectivity index (χ1) is 8.60. The number of anilines is 1. The first-order valence-corrected chi connectivity index (χ1v) is 7.68. The Bertz CT molecular complexity index is 488.